The number of aromatic nitrogens is 1. The lowest BCUT2D eigenvalue weighted by molar-refractivity contribution is 0.0764. The standard InChI is InChI=1S/C26H28ClF2N3O2/c1-16-22(24(31-34-16)23-19(27)8-6-10-21(23)29)25(33)30-18-11-13-26(14-12-18,32(2)3)15-17-7-4-5-9-20(17)28/h4-10,18H,11-15H2,1-3H3,(H,30,33). The van der Waals surface area contributed by atoms with Crippen molar-refractivity contribution in [2.75, 3.05) is 14.1 Å². The maximum atomic E-state index is 14.5. The van der Waals surface area contributed by atoms with Crippen LogP contribution in [0.1, 0.15) is 47.4 Å². The van der Waals surface area contributed by atoms with Gasteiger partial charge in [0.1, 0.15) is 28.7 Å². The summed E-state index contributed by atoms with van der Waals surface area (Å²) in [6, 6.07) is 11.1. The number of aryl methyl sites for hydroxylation is 1. The monoisotopic (exact) mass is 487 g/mol. The maximum absolute atomic E-state index is 14.5. The quantitative estimate of drug-likeness (QED) is 0.477. The predicted molar refractivity (Wildman–Crippen MR) is 128 cm³/mol. The summed E-state index contributed by atoms with van der Waals surface area (Å²) in [5.74, 6) is -0.841. The molecule has 1 aliphatic carbocycles. The van der Waals surface area contributed by atoms with Crippen LogP contribution in [0.4, 0.5) is 8.78 Å². The van der Waals surface area contributed by atoms with Crippen LogP contribution in [-0.4, -0.2) is 41.6 Å². The highest BCUT2D eigenvalue weighted by molar-refractivity contribution is 6.33. The van der Waals surface area contributed by atoms with E-state index in [0.29, 0.717) is 17.7 Å². The molecule has 1 heterocycles. The molecule has 0 spiro atoms. The predicted octanol–water partition coefficient (Wildman–Crippen LogP) is 5.80. The van der Waals surface area contributed by atoms with E-state index in [9.17, 15) is 13.6 Å². The SMILES string of the molecule is Cc1onc(-c2c(F)cccc2Cl)c1C(=O)NC1CCC(Cc2ccccc2F)(N(C)C)CC1. The smallest absolute Gasteiger partial charge is 0.257 e. The number of amides is 1. The van der Waals surface area contributed by atoms with E-state index in [1.165, 1.54) is 18.2 Å². The molecule has 0 saturated heterocycles. The molecule has 0 bridgehead atoms. The average Bonchev–Trinajstić information content (AvgIpc) is 3.17. The molecule has 34 heavy (non-hydrogen) atoms. The summed E-state index contributed by atoms with van der Waals surface area (Å²) in [6.45, 7) is 1.62. The Kier molecular flexibility index (Phi) is 7.05. The van der Waals surface area contributed by atoms with Gasteiger partial charge < -0.3 is 14.7 Å². The number of halogens is 3. The van der Waals surface area contributed by atoms with Crippen molar-refractivity contribution in [1.29, 1.82) is 0 Å². The van der Waals surface area contributed by atoms with Gasteiger partial charge in [0.2, 0.25) is 0 Å². The lowest BCUT2D eigenvalue weighted by Gasteiger charge is -2.45. The summed E-state index contributed by atoms with van der Waals surface area (Å²) in [5, 5.41) is 7.14. The third-order valence-electron chi connectivity index (χ3n) is 6.97. The van der Waals surface area contributed by atoms with E-state index in [0.717, 1.165) is 25.7 Å². The first-order valence-electron chi connectivity index (χ1n) is 11.3. The Morgan fingerprint density at radius 1 is 1.15 bits per heavy atom. The average molecular weight is 488 g/mol. The van der Waals surface area contributed by atoms with E-state index >= 15 is 0 Å². The van der Waals surface area contributed by atoms with Crippen molar-refractivity contribution in [2.24, 2.45) is 0 Å². The van der Waals surface area contributed by atoms with Gasteiger partial charge in [-0.1, -0.05) is 41.0 Å². The van der Waals surface area contributed by atoms with Gasteiger partial charge in [-0.25, -0.2) is 8.78 Å². The molecule has 1 aromatic heterocycles. The summed E-state index contributed by atoms with van der Waals surface area (Å²) in [6.07, 6.45) is 3.67. The first kappa shape index (κ1) is 24.4. The number of rotatable bonds is 6. The van der Waals surface area contributed by atoms with Crippen LogP contribution >= 0.6 is 11.6 Å². The number of hydrogen-bond donors (Lipinski definition) is 1. The first-order valence-corrected chi connectivity index (χ1v) is 11.7. The number of nitrogens with one attached hydrogen (secondary N) is 1. The number of benzene rings is 2. The van der Waals surface area contributed by atoms with Crippen molar-refractivity contribution < 1.29 is 18.1 Å². The molecule has 3 aromatic rings. The molecule has 0 radical (unpaired) electrons. The molecule has 1 aliphatic rings. The second-order valence-electron chi connectivity index (χ2n) is 9.19. The highest BCUT2D eigenvalue weighted by atomic mass is 35.5. The summed E-state index contributed by atoms with van der Waals surface area (Å²) in [5.41, 5.74) is 0.831. The lowest BCUT2D eigenvalue weighted by atomic mass is 9.74. The number of carbonyl (C=O) groups excluding carboxylic acids is 1. The van der Waals surface area contributed by atoms with E-state index in [-0.39, 0.29) is 45.1 Å². The van der Waals surface area contributed by atoms with Crippen molar-refractivity contribution in [2.45, 2.75) is 50.6 Å². The normalized spacial score (nSPS) is 20.5. The molecule has 1 fully saturated rings. The van der Waals surface area contributed by atoms with Gasteiger partial charge in [0.25, 0.3) is 5.91 Å². The molecule has 0 atom stereocenters. The lowest BCUT2D eigenvalue weighted by Crippen LogP contribution is -2.52. The summed E-state index contributed by atoms with van der Waals surface area (Å²) in [7, 11) is 4.04. The molecular weight excluding hydrogens is 460 g/mol. The zero-order valence-corrected chi connectivity index (χ0v) is 20.3. The molecule has 0 aliphatic heterocycles. The van der Waals surface area contributed by atoms with Crippen LogP contribution in [0.25, 0.3) is 11.3 Å². The Morgan fingerprint density at radius 3 is 2.47 bits per heavy atom. The van der Waals surface area contributed by atoms with Gasteiger partial charge in [-0.15, -0.1) is 0 Å². The third-order valence-corrected chi connectivity index (χ3v) is 7.28. The Morgan fingerprint density at radius 2 is 1.82 bits per heavy atom. The zero-order chi connectivity index (χ0) is 24.5. The van der Waals surface area contributed by atoms with Crippen molar-refractivity contribution in [1.82, 2.24) is 15.4 Å². The number of nitrogens with zero attached hydrogens (tertiary/aromatic N) is 2. The van der Waals surface area contributed by atoms with Crippen molar-refractivity contribution in [3.8, 4) is 11.3 Å². The fourth-order valence-corrected chi connectivity index (χ4v) is 5.12. The molecule has 0 unspecified atom stereocenters. The molecular formula is C26H28ClF2N3O2. The fraction of sp³-hybridized carbons (Fsp3) is 0.385. The minimum absolute atomic E-state index is 0.0475. The second-order valence-corrected chi connectivity index (χ2v) is 9.60. The Balaban J connectivity index is 1.49. The Labute approximate surface area is 203 Å². The van der Waals surface area contributed by atoms with Crippen molar-refractivity contribution in [3.05, 3.63) is 76.0 Å². The zero-order valence-electron chi connectivity index (χ0n) is 19.5. The highest BCUT2D eigenvalue weighted by Gasteiger charge is 2.38. The third kappa shape index (κ3) is 4.72. The van der Waals surface area contributed by atoms with Crippen LogP contribution in [0.5, 0.6) is 0 Å². The number of carbonyl (C=O) groups is 1. The van der Waals surface area contributed by atoms with Crippen LogP contribution in [0, 0.1) is 18.6 Å². The van der Waals surface area contributed by atoms with Crippen LogP contribution in [0.2, 0.25) is 5.02 Å². The fourth-order valence-electron chi connectivity index (χ4n) is 4.87. The summed E-state index contributed by atoms with van der Waals surface area (Å²) in [4.78, 5) is 15.4. The molecule has 1 N–H and O–H groups in total. The van der Waals surface area contributed by atoms with E-state index in [1.807, 2.05) is 26.2 Å². The molecule has 1 saturated carbocycles. The highest BCUT2D eigenvalue weighted by Crippen LogP contribution is 2.37. The van der Waals surface area contributed by atoms with E-state index in [4.69, 9.17) is 16.1 Å². The van der Waals surface area contributed by atoms with Gasteiger partial charge in [-0.05, 0) is 76.9 Å². The van der Waals surface area contributed by atoms with Crippen LogP contribution in [0.3, 0.4) is 0 Å². The summed E-state index contributed by atoms with van der Waals surface area (Å²) >= 11 is 6.20. The van der Waals surface area contributed by atoms with Crippen molar-refractivity contribution in [3.63, 3.8) is 0 Å². The molecule has 1 amide bonds. The largest absolute Gasteiger partial charge is 0.360 e. The molecule has 180 valence electrons. The topological polar surface area (TPSA) is 58.4 Å². The first-order chi connectivity index (χ1) is 16.2. The molecule has 4 rings (SSSR count). The molecule has 8 heteroatoms. The minimum atomic E-state index is -0.573. The maximum Gasteiger partial charge on any atom is 0.257 e. The van der Waals surface area contributed by atoms with Gasteiger partial charge in [-0.2, -0.15) is 0 Å². The van der Waals surface area contributed by atoms with Gasteiger partial charge in [0, 0.05) is 11.6 Å². The Hall–Kier alpha value is -2.77. The molecule has 5 nitrogen and oxygen atoms in total. The van der Waals surface area contributed by atoms with Gasteiger partial charge in [0.15, 0.2) is 0 Å². The number of likely N-dealkylation sites (N-methyl/N-ethyl adjacent to an activating group) is 1. The van der Waals surface area contributed by atoms with E-state index < -0.39 is 5.82 Å². The van der Waals surface area contributed by atoms with Gasteiger partial charge in [-0.3, -0.25) is 4.79 Å². The van der Waals surface area contributed by atoms with Crippen LogP contribution in [-0.2, 0) is 6.42 Å². The van der Waals surface area contributed by atoms with Gasteiger partial charge >= 0.3 is 0 Å². The van der Waals surface area contributed by atoms with Crippen LogP contribution in [0.15, 0.2) is 47.0 Å². The number of hydrogen-bond acceptors (Lipinski definition) is 4. The van der Waals surface area contributed by atoms with Crippen LogP contribution < -0.4 is 5.32 Å². The van der Waals surface area contributed by atoms with E-state index in [2.05, 4.69) is 15.4 Å². The second kappa shape index (κ2) is 9.84. The van der Waals surface area contributed by atoms with Gasteiger partial charge in [0.05, 0.1) is 10.6 Å². The molecule has 2 aromatic carbocycles. The van der Waals surface area contributed by atoms with Crippen molar-refractivity contribution >= 4 is 17.5 Å². The van der Waals surface area contributed by atoms with E-state index in [1.54, 1.807) is 19.1 Å². The Bertz CT molecular complexity index is 1170. The summed E-state index contributed by atoms with van der Waals surface area (Å²) < 4.78 is 34.1. The minimum Gasteiger partial charge on any atom is -0.360 e.